The number of hydrogen-bond acceptors (Lipinski definition) is 3. The van der Waals surface area contributed by atoms with Gasteiger partial charge in [0.05, 0.1) is 0 Å². The summed E-state index contributed by atoms with van der Waals surface area (Å²) in [4.78, 5) is 22.6. The van der Waals surface area contributed by atoms with Crippen LogP contribution in [-0.4, -0.2) is 16.8 Å². The van der Waals surface area contributed by atoms with Gasteiger partial charge in [-0.15, -0.1) is 0 Å². The Morgan fingerprint density at radius 3 is 2.17 bits per heavy atom. The standard InChI is InChI=1S/C14H23ClO3/c1-14(2,3)18-12(16)9-6-10-4-7-11(8-5-10)13(15)17/h10-11H,4-9H2,1-3H3/t10-,11-. The van der Waals surface area contributed by atoms with Crippen LogP contribution in [-0.2, 0) is 14.3 Å². The van der Waals surface area contributed by atoms with E-state index >= 15 is 0 Å². The van der Waals surface area contributed by atoms with Crippen LogP contribution in [0.3, 0.4) is 0 Å². The Balaban J connectivity index is 2.22. The van der Waals surface area contributed by atoms with Crippen molar-refractivity contribution in [3.05, 3.63) is 0 Å². The third-order valence-corrected chi connectivity index (χ3v) is 3.65. The Bertz CT molecular complexity index is 299. The molecular formula is C14H23ClO3. The smallest absolute Gasteiger partial charge is 0.306 e. The first-order valence-corrected chi connectivity index (χ1v) is 7.07. The highest BCUT2D eigenvalue weighted by Crippen LogP contribution is 2.32. The molecule has 0 radical (unpaired) electrons. The molecule has 0 saturated heterocycles. The quantitative estimate of drug-likeness (QED) is 0.580. The molecule has 1 aliphatic rings. The van der Waals surface area contributed by atoms with Gasteiger partial charge in [0, 0.05) is 12.3 Å². The predicted octanol–water partition coefficient (Wildman–Crippen LogP) is 3.68. The lowest BCUT2D eigenvalue weighted by molar-refractivity contribution is -0.155. The molecule has 104 valence electrons. The molecule has 4 heteroatoms. The second-order valence-electron chi connectivity index (χ2n) is 6.15. The first kappa shape index (κ1) is 15.5. The van der Waals surface area contributed by atoms with Crippen LogP contribution in [0.25, 0.3) is 0 Å². The molecule has 1 saturated carbocycles. The maximum atomic E-state index is 11.6. The van der Waals surface area contributed by atoms with Crippen molar-refractivity contribution in [1.82, 2.24) is 0 Å². The van der Waals surface area contributed by atoms with Crippen molar-refractivity contribution in [2.75, 3.05) is 0 Å². The van der Waals surface area contributed by atoms with Crippen molar-refractivity contribution in [1.29, 1.82) is 0 Å². The van der Waals surface area contributed by atoms with Gasteiger partial charge in [0.1, 0.15) is 5.60 Å². The Morgan fingerprint density at radius 1 is 1.17 bits per heavy atom. The molecule has 0 aromatic heterocycles. The van der Waals surface area contributed by atoms with E-state index in [1.165, 1.54) is 0 Å². The average Bonchev–Trinajstić information content (AvgIpc) is 2.24. The van der Waals surface area contributed by atoms with Gasteiger partial charge in [0.25, 0.3) is 0 Å². The van der Waals surface area contributed by atoms with Crippen LogP contribution >= 0.6 is 11.6 Å². The number of esters is 1. The molecule has 0 unspecified atom stereocenters. The van der Waals surface area contributed by atoms with Crippen LogP contribution in [0.4, 0.5) is 0 Å². The average molecular weight is 275 g/mol. The lowest BCUT2D eigenvalue weighted by atomic mass is 9.80. The minimum atomic E-state index is -0.403. The Morgan fingerprint density at radius 2 is 1.72 bits per heavy atom. The normalized spacial score (nSPS) is 24.7. The summed E-state index contributed by atoms with van der Waals surface area (Å²) >= 11 is 5.49. The van der Waals surface area contributed by atoms with Crippen LogP contribution in [0, 0.1) is 11.8 Å². The monoisotopic (exact) mass is 274 g/mol. The van der Waals surface area contributed by atoms with E-state index in [1.807, 2.05) is 20.8 Å². The predicted molar refractivity (Wildman–Crippen MR) is 71.4 cm³/mol. The molecule has 1 fully saturated rings. The summed E-state index contributed by atoms with van der Waals surface area (Å²) < 4.78 is 5.27. The summed E-state index contributed by atoms with van der Waals surface area (Å²) in [6, 6.07) is 0. The zero-order chi connectivity index (χ0) is 13.8. The van der Waals surface area contributed by atoms with E-state index in [0.717, 1.165) is 32.1 Å². The van der Waals surface area contributed by atoms with Gasteiger partial charge in [-0.05, 0) is 70.4 Å². The highest BCUT2D eigenvalue weighted by atomic mass is 35.5. The van der Waals surface area contributed by atoms with Crippen LogP contribution in [0.1, 0.15) is 59.3 Å². The molecule has 18 heavy (non-hydrogen) atoms. The molecule has 0 aromatic rings. The number of carbonyl (C=O) groups is 2. The SMILES string of the molecule is CC(C)(C)OC(=O)CC[C@H]1CC[C@H](C(=O)Cl)CC1. The molecule has 0 spiro atoms. The highest BCUT2D eigenvalue weighted by molar-refractivity contribution is 6.63. The Kier molecular flexibility index (Phi) is 5.64. The van der Waals surface area contributed by atoms with E-state index in [2.05, 4.69) is 0 Å². The fourth-order valence-electron chi connectivity index (χ4n) is 2.39. The molecule has 3 nitrogen and oxygen atoms in total. The molecule has 0 amide bonds. The van der Waals surface area contributed by atoms with Crippen LogP contribution in [0.5, 0.6) is 0 Å². The van der Waals surface area contributed by atoms with Crippen molar-refractivity contribution in [3.63, 3.8) is 0 Å². The summed E-state index contributed by atoms with van der Waals surface area (Å²) in [5.74, 6) is 0.437. The maximum Gasteiger partial charge on any atom is 0.306 e. The van der Waals surface area contributed by atoms with Gasteiger partial charge < -0.3 is 4.74 Å². The molecule has 0 N–H and O–H groups in total. The van der Waals surface area contributed by atoms with Crippen molar-refractivity contribution in [2.45, 2.75) is 64.9 Å². The first-order valence-electron chi connectivity index (χ1n) is 6.69. The largest absolute Gasteiger partial charge is 0.460 e. The van der Waals surface area contributed by atoms with Gasteiger partial charge in [-0.25, -0.2) is 0 Å². The summed E-state index contributed by atoms with van der Waals surface area (Å²) in [7, 11) is 0. The lowest BCUT2D eigenvalue weighted by Gasteiger charge is -2.26. The van der Waals surface area contributed by atoms with Crippen LogP contribution < -0.4 is 0 Å². The number of ether oxygens (including phenoxy) is 1. The summed E-state index contributed by atoms with van der Waals surface area (Å²) in [5.41, 5.74) is -0.403. The van der Waals surface area contributed by atoms with Gasteiger partial charge >= 0.3 is 5.97 Å². The van der Waals surface area contributed by atoms with Crippen LogP contribution in [0.15, 0.2) is 0 Å². The minimum Gasteiger partial charge on any atom is -0.460 e. The summed E-state index contributed by atoms with van der Waals surface area (Å²) in [6.07, 6.45) is 5.04. The number of halogens is 1. The van der Waals surface area contributed by atoms with Gasteiger partial charge in [0.15, 0.2) is 0 Å². The highest BCUT2D eigenvalue weighted by Gasteiger charge is 2.26. The zero-order valence-corrected chi connectivity index (χ0v) is 12.3. The Hall–Kier alpha value is -0.570. The fraction of sp³-hybridized carbons (Fsp3) is 0.857. The zero-order valence-electron chi connectivity index (χ0n) is 11.5. The molecule has 0 atom stereocenters. The number of hydrogen-bond donors (Lipinski definition) is 0. The van der Waals surface area contributed by atoms with E-state index in [9.17, 15) is 9.59 Å². The van der Waals surface area contributed by atoms with Gasteiger partial charge in [-0.1, -0.05) is 0 Å². The van der Waals surface area contributed by atoms with Gasteiger partial charge in [-0.3, -0.25) is 9.59 Å². The third-order valence-electron chi connectivity index (χ3n) is 3.34. The van der Waals surface area contributed by atoms with E-state index in [0.29, 0.717) is 12.3 Å². The summed E-state index contributed by atoms with van der Waals surface area (Å²) in [5, 5.41) is -0.208. The maximum absolute atomic E-state index is 11.6. The topological polar surface area (TPSA) is 43.4 Å². The summed E-state index contributed by atoms with van der Waals surface area (Å²) in [6.45, 7) is 5.63. The first-order chi connectivity index (χ1) is 8.28. The fourth-order valence-corrected chi connectivity index (χ4v) is 2.61. The van der Waals surface area contributed by atoms with E-state index in [4.69, 9.17) is 16.3 Å². The lowest BCUT2D eigenvalue weighted by Crippen LogP contribution is -2.25. The molecule has 0 bridgehead atoms. The van der Waals surface area contributed by atoms with Gasteiger partial charge in [-0.2, -0.15) is 0 Å². The van der Waals surface area contributed by atoms with Crippen molar-refractivity contribution in [3.8, 4) is 0 Å². The third kappa shape index (κ3) is 5.85. The van der Waals surface area contributed by atoms with E-state index in [-0.39, 0.29) is 17.1 Å². The van der Waals surface area contributed by atoms with Crippen molar-refractivity contribution < 1.29 is 14.3 Å². The van der Waals surface area contributed by atoms with E-state index < -0.39 is 5.60 Å². The Labute approximate surface area is 114 Å². The molecule has 1 rings (SSSR count). The second-order valence-corrected chi connectivity index (χ2v) is 6.52. The molecule has 1 aliphatic carbocycles. The molecule has 0 aliphatic heterocycles. The minimum absolute atomic E-state index is 0.0319. The van der Waals surface area contributed by atoms with Gasteiger partial charge in [0.2, 0.25) is 5.24 Å². The van der Waals surface area contributed by atoms with Crippen LogP contribution in [0.2, 0.25) is 0 Å². The molecule has 0 heterocycles. The number of carbonyl (C=O) groups excluding carboxylic acids is 2. The number of rotatable bonds is 4. The second kappa shape index (κ2) is 6.55. The molecule has 0 aromatic carbocycles. The van der Waals surface area contributed by atoms with E-state index in [1.54, 1.807) is 0 Å². The molecular weight excluding hydrogens is 252 g/mol. The van der Waals surface area contributed by atoms with Crippen molar-refractivity contribution >= 4 is 22.8 Å². The van der Waals surface area contributed by atoms with Crippen molar-refractivity contribution in [2.24, 2.45) is 11.8 Å².